The summed E-state index contributed by atoms with van der Waals surface area (Å²) in [5.41, 5.74) is 1.03. The van der Waals surface area contributed by atoms with Gasteiger partial charge in [-0.05, 0) is 82.3 Å². The molecule has 1 aromatic heterocycles. The molecule has 1 aliphatic heterocycles. The molecule has 1 atom stereocenters. The van der Waals surface area contributed by atoms with Crippen molar-refractivity contribution in [2.24, 2.45) is 11.1 Å². The standard InChI is InChI=1S/C28H39N5O5/c1-6-37-30-20-22-7-9-24(10-8-22)36-18-13-21(2)12-15-32-16-17-33(27(32)35)23-11-14-29-25(19-23)31-26(34)38-28(3,4)5/h7-11,14,19-21H,6,12-13,15-18H2,1-5H3,(H,29,31,34)/b30-20+. The van der Waals surface area contributed by atoms with E-state index in [4.69, 9.17) is 14.3 Å². The Hall–Kier alpha value is -3.82. The van der Waals surface area contributed by atoms with Gasteiger partial charge in [0.2, 0.25) is 0 Å². The molecule has 1 unspecified atom stereocenters. The highest BCUT2D eigenvalue weighted by Crippen LogP contribution is 2.23. The minimum Gasteiger partial charge on any atom is -0.494 e. The van der Waals surface area contributed by atoms with Gasteiger partial charge in [0, 0.05) is 31.9 Å². The molecule has 1 aliphatic rings. The molecular formula is C28H39N5O5. The summed E-state index contributed by atoms with van der Waals surface area (Å²) < 4.78 is 11.2. The molecule has 1 aromatic carbocycles. The number of carbonyl (C=O) groups is 2. The van der Waals surface area contributed by atoms with Gasteiger partial charge >= 0.3 is 12.1 Å². The van der Waals surface area contributed by atoms with Gasteiger partial charge in [-0.25, -0.2) is 14.6 Å². The van der Waals surface area contributed by atoms with Gasteiger partial charge < -0.3 is 19.2 Å². The fourth-order valence-electron chi connectivity index (χ4n) is 3.81. The highest BCUT2D eigenvalue weighted by Gasteiger charge is 2.30. The Morgan fingerprint density at radius 1 is 1.18 bits per heavy atom. The van der Waals surface area contributed by atoms with Crippen molar-refractivity contribution in [1.82, 2.24) is 9.88 Å². The van der Waals surface area contributed by atoms with Crippen LogP contribution in [0.15, 0.2) is 47.8 Å². The van der Waals surface area contributed by atoms with E-state index in [1.165, 1.54) is 0 Å². The van der Waals surface area contributed by atoms with Crippen LogP contribution >= 0.6 is 0 Å². The minimum absolute atomic E-state index is 0.0455. The van der Waals surface area contributed by atoms with E-state index in [-0.39, 0.29) is 6.03 Å². The number of nitrogens with zero attached hydrogens (tertiary/aromatic N) is 4. The second-order valence-electron chi connectivity index (χ2n) is 10.2. The second-order valence-corrected chi connectivity index (χ2v) is 10.2. The average molecular weight is 526 g/mol. The Labute approximate surface area is 224 Å². The summed E-state index contributed by atoms with van der Waals surface area (Å²) in [4.78, 5) is 37.8. The third kappa shape index (κ3) is 9.24. The van der Waals surface area contributed by atoms with Crippen molar-refractivity contribution in [2.45, 2.75) is 53.1 Å². The summed E-state index contributed by atoms with van der Waals surface area (Å²) in [6.45, 7) is 12.5. The zero-order valence-electron chi connectivity index (χ0n) is 23.0. The van der Waals surface area contributed by atoms with Gasteiger partial charge in [0.25, 0.3) is 0 Å². The lowest BCUT2D eigenvalue weighted by Crippen LogP contribution is -2.33. The predicted octanol–water partition coefficient (Wildman–Crippen LogP) is 5.54. The molecule has 1 N–H and O–H groups in total. The Kier molecular flexibility index (Phi) is 10.3. The first-order chi connectivity index (χ1) is 18.1. The van der Waals surface area contributed by atoms with Crippen molar-refractivity contribution in [1.29, 1.82) is 0 Å². The highest BCUT2D eigenvalue weighted by molar-refractivity contribution is 5.95. The minimum atomic E-state index is -0.610. The lowest BCUT2D eigenvalue weighted by molar-refractivity contribution is 0.0635. The van der Waals surface area contributed by atoms with E-state index in [1.54, 1.807) is 50.2 Å². The van der Waals surface area contributed by atoms with Gasteiger partial charge in [-0.3, -0.25) is 10.2 Å². The van der Waals surface area contributed by atoms with Crippen LogP contribution in [0.1, 0.15) is 53.0 Å². The van der Waals surface area contributed by atoms with Gasteiger partial charge in [-0.2, -0.15) is 0 Å². The maximum absolute atomic E-state index is 13.0. The number of urea groups is 1. The van der Waals surface area contributed by atoms with Crippen molar-refractivity contribution in [3.05, 3.63) is 48.2 Å². The fraction of sp³-hybridized carbons (Fsp3) is 0.500. The Bertz CT molecular complexity index is 1080. The predicted molar refractivity (Wildman–Crippen MR) is 148 cm³/mol. The van der Waals surface area contributed by atoms with E-state index >= 15 is 0 Å². The molecule has 0 radical (unpaired) electrons. The summed E-state index contributed by atoms with van der Waals surface area (Å²) in [7, 11) is 0. The largest absolute Gasteiger partial charge is 0.494 e. The normalized spacial score (nSPS) is 14.6. The smallest absolute Gasteiger partial charge is 0.413 e. The third-order valence-corrected chi connectivity index (χ3v) is 5.84. The first kappa shape index (κ1) is 28.7. The molecule has 0 spiro atoms. The van der Waals surface area contributed by atoms with Crippen molar-refractivity contribution >= 4 is 29.8 Å². The number of anilines is 2. The van der Waals surface area contributed by atoms with Crippen LogP contribution in [0.2, 0.25) is 0 Å². The molecular weight excluding hydrogens is 486 g/mol. The first-order valence-electron chi connectivity index (χ1n) is 13.1. The van der Waals surface area contributed by atoms with Gasteiger partial charge in [-0.1, -0.05) is 12.1 Å². The molecule has 0 bridgehead atoms. The molecule has 0 saturated carbocycles. The molecule has 38 heavy (non-hydrogen) atoms. The number of aromatic nitrogens is 1. The SMILES string of the molecule is CCO/N=C/c1ccc(OCCC(C)CCN2CCN(c3ccnc(NC(=O)OC(C)(C)C)c3)C2=O)cc1. The van der Waals surface area contributed by atoms with Crippen LogP contribution in [-0.2, 0) is 9.57 Å². The molecule has 0 aliphatic carbocycles. The third-order valence-electron chi connectivity index (χ3n) is 5.84. The van der Waals surface area contributed by atoms with Crippen molar-refractivity contribution in [2.75, 3.05) is 43.1 Å². The Morgan fingerprint density at radius 3 is 2.66 bits per heavy atom. The van der Waals surface area contributed by atoms with E-state index < -0.39 is 11.7 Å². The van der Waals surface area contributed by atoms with Crippen LogP contribution in [0.4, 0.5) is 21.1 Å². The molecule has 10 nitrogen and oxygen atoms in total. The molecule has 10 heteroatoms. The number of amides is 3. The number of ether oxygens (including phenoxy) is 2. The molecule has 3 rings (SSSR count). The fourth-order valence-corrected chi connectivity index (χ4v) is 3.81. The van der Waals surface area contributed by atoms with Crippen LogP contribution in [0.5, 0.6) is 5.75 Å². The van der Waals surface area contributed by atoms with E-state index in [1.807, 2.05) is 36.1 Å². The zero-order valence-corrected chi connectivity index (χ0v) is 23.0. The van der Waals surface area contributed by atoms with Crippen LogP contribution in [0.3, 0.4) is 0 Å². The summed E-state index contributed by atoms with van der Waals surface area (Å²) in [6.07, 6.45) is 4.44. The molecule has 3 amide bonds. The number of rotatable bonds is 12. The van der Waals surface area contributed by atoms with Crippen molar-refractivity contribution < 1.29 is 23.9 Å². The Balaban J connectivity index is 1.41. The summed E-state index contributed by atoms with van der Waals surface area (Å²) in [6, 6.07) is 11.1. The molecule has 2 heterocycles. The van der Waals surface area contributed by atoms with E-state index in [9.17, 15) is 9.59 Å². The number of hydrogen-bond acceptors (Lipinski definition) is 7. The quantitative estimate of drug-likeness (QED) is 0.288. The topological polar surface area (TPSA) is 106 Å². The number of oxime groups is 1. The van der Waals surface area contributed by atoms with E-state index in [0.29, 0.717) is 50.3 Å². The molecule has 206 valence electrons. The Morgan fingerprint density at radius 2 is 1.95 bits per heavy atom. The zero-order chi connectivity index (χ0) is 27.5. The lowest BCUT2D eigenvalue weighted by Gasteiger charge is -2.21. The van der Waals surface area contributed by atoms with Crippen molar-refractivity contribution in [3.63, 3.8) is 0 Å². The van der Waals surface area contributed by atoms with Crippen molar-refractivity contribution in [3.8, 4) is 5.75 Å². The van der Waals surface area contributed by atoms with Crippen LogP contribution < -0.4 is 15.0 Å². The summed E-state index contributed by atoms with van der Waals surface area (Å²) in [5, 5.41) is 6.49. The van der Waals surface area contributed by atoms with Crippen LogP contribution in [0, 0.1) is 5.92 Å². The lowest BCUT2D eigenvalue weighted by atomic mass is 10.0. The van der Waals surface area contributed by atoms with Gasteiger partial charge in [0.05, 0.1) is 18.5 Å². The highest BCUT2D eigenvalue weighted by atomic mass is 16.6. The monoisotopic (exact) mass is 525 g/mol. The van der Waals surface area contributed by atoms with Gasteiger partial charge in [0.15, 0.2) is 0 Å². The molecule has 1 saturated heterocycles. The number of nitrogens with one attached hydrogen (secondary N) is 1. The maximum Gasteiger partial charge on any atom is 0.413 e. The summed E-state index contributed by atoms with van der Waals surface area (Å²) in [5.74, 6) is 1.55. The van der Waals surface area contributed by atoms with Crippen LogP contribution in [-0.4, -0.2) is 66.7 Å². The summed E-state index contributed by atoms with van der Waals surface area (Å²) >= 11 is 0. The second kappa shape index (κ2) is 13.6. The number of pyridine rings is 1. The molecule has 1 fully saturated rings. The molecule has 2 aromatic rings. The number of benzene rings is 1. The number of hydrogen-bond donors (Lipinski definition) is 1. The van der Waals surface area contributed by atoms with E-state index in [2.05, 4.69) is 22.4 Å². The van der Waals surface area contributed by atoms with Gasteiger partial charge in [-0.15, -0.1) is 0 Å². The van der Waals surface area contributed by atoms with Crippen LogP contribution in [0.25, 0.3) is 0 Å². The average Bonchev–Trinajstić information content (AvgIpc) is 3.23. The van der Waals surface area contributed by atoms with Gasteiger partial charge in [0.1, 0.15) is 23.8 Å². The number of carbonyl (C=O) groups excluding carboxylic acids is 2. The first-order valence-corrected chi connectivity index (χ1v) is 13.1. The maximum atomic E-state index is 13.0. The van der Waals surface area contributed by atoms with E-state index in [0.717, 1.165) is 24.2 Å².